The summed E-state index contributed by atoms with van der Waals surface area (Å²) in [6.45, 7) is 0. The van der Waals surface area contributed by atoms with Crippen molar-refractivity contribution in [1.82, 2.24) is 0 Å². The Labute approximate surface area is 235 Å². The minimum absolute atomic E-state index is 0.0101. The van der Waals surface area contributed by atoms with E-state index in [1.807, 2.05) is 0 Å². The maximum Gasteiger partial charge on any atom is 0.431 e. The molecule has 1 heterocycles. The number of hydrogen-bond acceptors (Lipinski definition) is 6. The van der Waals surface area contributed by atoms with Gasteiger partial charge in [0.05, 0.1) is 32.6 Å². The number of nitrogens with zero attached hydrogens (tertiary/aromatic N) is 2. The lowest BCUT2D eigenvalue weighted by atomic mass is 9.89. The van der Waals surface area contributed by atoms with E-state index in [-0.39, 0.29) is 32.1 Å². The Balaban J connectivity index is 1.53. The molecule has 218 valence electrons. The summed E-state index contributed by atoms with van der Waals surface area (Å²) in [5.74, 6) is 0. The molecule has 0 amide bonds. The van der Waals surface area contributed by atoms with Gasteiger partial charge in [-0.05, 0) is 54.3 Å². The van der Waals surface area contributed by atoms with Crippen molar-refractivity contribution in [1.29, 1.82) is 0 Å². The fraction of sp³-hybridized carbons (Fsp3) is 0.296. The Kier molecular flexibility index (Phi) is 7.06. The third-order valence-corrected chi connectivity index (χ3v) is 9.76. The first kappa shape index (κ1) is 29.2. The molecule has 1 atom stereocenters. The van der Waals surface area contributed by atoms with Crippen LogP contribution < -0.4 is 10.7 Å². The third kappa shape index (κ3) is 5.04. The minimum Gasteiger partial charge on any atom is -0.398 e. The van der Waals surface area contributed by atoms with Crippen LogP contribution in [0.4, 0.5) is 37.7 Å². The maximum absolute atomic E-state index is 13.7. The third-order valence-electron chi connectivity index (χ3n) is 7.17. The number of nitrogens with two attached hydrogens (primary N) is 1. The summed E-state index contributed by atoms with van der Waals surface area (Å²) in [4.78, 5) is 0.173. The van der Waals surface area contributed by atoms with Gasteiger partial charge in [0.25, 0.3) is 5.60 Å². The quantitative estimate of drug-likeness (QED) is 0.237. The minimum atomic E-state index is -6.10. The molecule has 3 aromatic carbocycles. The van der Waals surface area contributed by atoms with Crippen molar-refractivity contribution in [2.45, 2.75) is 53.4 Å². The van der Waals surface area contributed by atoms with Gasteiger partial charge in [0.2, 0.25) is 0 Å². The van der Waals surface area contributed by atoms with Crippen LogP contribution in [0.5, 0.6) is 0 Å². The van der Waals surface area contributed by atoms with Crippen molar-refractivity contribution in [3.8, 4) is 11.1 Å². The van der Waals surface area contributed by atoms with E-state index in [4.69, 9.17) is 17.3 Å². The Bertz CT molecular complexity index is 1610. The van der Waals surface area contributed by atoms with E-state index >= 15 is 0 Å². The summed E-state index contributed by atoms with van der Waals surface area (Å²) in [5, 5.41) is 14.2. The van der Waals surface area contributed by atoms with Crippen LogP contribution in [0.25, 0.3) is 11.1 Å². The van der Waals surface area contributed by atoms with Crippen LogP contribution in [0.15, 0.2) is 76.7 Å². The molecule has 0 bridgehead atoms. The van der Waals surface area contributed by atoms with Crippen LogP contribution in [-0.4, -0.2) is 42.4 Å². The fourth-order valence-electron chi connectivity index (χ4n) is 4.78. The molecule has 1 unspecified atom stereocenters. The highest BCUT2D eigenvalue weighted by Crippen LogP contribution is 2.50. The van der Waals surface area contributed by atoms with Crippen molar-refractivity contribution in [3.05, 3.63) is 77.3 Å². The molecule has 0 radical (unpaired) electrons. The number of alkyl halides is 6. The first-order chi connectivity index (χ1) is 19.1. The van der Waals surface area contributed by atoms with Crippen LogP contribution in [0.2, 0.25) is 5.02 Å². The van der Waals surface area contributed by atoms with E-state index in [2.05, 4.69) is 5.10 Å². The molecule has 2 aliphatic rings. The summed E-state index contributed by atoms with van der Waals surface area (Å²) in [6, 6.07) is 15.0. The Morgan fingerprint density at radius 1 is 0.927 bits per heavy atom. The summed E-state index contributed by atoms with van der Waals surface area (Å²) < 4.78 is 107. The Morgan fingerprint density at radius 2 is 1.54 bits per heavy atom. The second kappa shape index (κ2) is 9.92. The number of sulfone groups is 1. The number of rotatable bonds is 6. The zero-order chi connectivity index (χ0) is 30.0. The van der Waals surface area contributed by atoms with Gasteiger partial charge in [-0.3, -0.25) is 5.01 Å². The Hall–Kier alpha value is -3.29. The van der Waals surface area contributed by atoms with Gasteiger partial charge in [-0.15, -0.1) is 0 Å². The number of nitrogen functional groups attached to an aromatic ring is 1. The first-order valence-electron chi connectivity index (χ1n) is 12.3. The number of hydrogen-bond donors (Lipinski definition) is 2. The topological polar surface area (TPSA) is 96.0 Å². The molecule has 0 aromatic heterocycles. The van der Waals surface area contributed by atoms with Crippen molar-refractivity contribution in [3.63, 3.8) is 0 Å². The average Bonchev–Trinajstić information content (AvgIpc) is 3.67. The number of anilines is 2. The molecule has 3 N–H and O–H groups in total. The van der Waals surface area contributed by atoms with Gasteiger partial charge in [0, 0.05) is 17.7 Å². The fourth-order valence-corrected chi connectivity index (χ4v) is 6.66. The number of aliphatic hydroxyl groups is 1. The van der Waals surface area contributed by atoms with Crippen LogP contribution in [0, 0.1) is 0 Å². The molecule has 14 heteroatoms. The monoisotopic (exact) mass is 617 g/mol. The molecule has 1 aliphatic carbocycles. The van der Waals surface area contributed by atoms with Crippen molar-refractivity contribution in [2.24, 2.45) is 5.10 Å². The van der Waals surface area contributed by atoms with E-state index in [0.29, 0.717) is 24.0 Å². The van der Waals surface area contributed by atoms with Gasteiger partial charge in [0.1, 0.15) is 0 Å². The van der Waals surface area contributed by atoms with Crippen molar-refractivity contribution in [2.75, 3.05) is 10.7 Å². The second-order valence-electron chi connectivity index (χ2n) is 9.88. The molecule has 41 heavy (non-hydrogen) atoms. The van der Waals surface area contributed by atoms with Gasteiger partial charge in [-0.1, -0.05) is 48.0 Å². The summed E-state index contributed by atoms with van der Waals surface area (Å²) in [5.41, 5.74) is 0.923. The lowest BCUT2D eigenvalue weighted by Gasteiger charge is -2.32. The van der Waals surface area contributed by atoms with E-state index in [9.17, 15) is 39.9 Å². The van der Waals surface area contributed by atoms with E-state index < -0.39 is 46.0 Å². The zero-order valence-corrected chi connectivity index (χ0v) is 22.5. The van der Waals surface area contributed by atoms with Crippen LogP contribution in [0.3, 0.4) is 0 Å². The smallest absolute Gasteiger partial charge is 0.398 e. The molecular formula is C27H22ClF6N3O3S. The second-order valence-corrected chi connectivity index (χ2v) is 12.5. The SMILES string of the molecule is Nc1cc(C2CC(C(O)(C(F)(F)F)C(F)(F)F)=NN2c2ccccc2Cl)ccc1-c1ccc(S(=O)(=O)C2CC2)cc1. The molecule has 5 rings (SSSR count). The molecule has 1 aliphatic heterocycles. The van der Waals surface area contributed by atoms with Gasteiger partial charge < -0.3 is 10.8 Å². The Morgan fingerprint density at radius 3 is 2.07 bits per heavy atom. The lowest BCUT2D eigenvalue weighted by molar-refractivity contribution is -0.338. The summed E-state index contributed by atoms with van der Waals surface area (Å²) in [6.07, 6.45) is -11.9. The molecule has 1 saturated carbocycles. The maximum atomic E-state index is 13.7. The number of para-hydroxylation sites is 1. The van der Waals surface area contributed by atoms with Crippen LogP contribution >= 0.6 is 11.6 Å². The average molecular weight is 618 g/mol. The predicted molar refractivity (Wildman–Crippen MR) is 142 cm³/mol. The molecule has 3 aromatic rings. The van der Waals surface area contributed by atoms with Gasteiger partial charge in [-0.2, -0.15) is 31.4 Å². The van der Waals surface area contributed by atoms with E-state index in [0.717, 1.165) is 5.01 Å². The highest BCUT2D eigenvalue weighted by molar-refractivity contribution is 7.92. The number of halogens is 7. The van der Waals surface area contributed by atoms with Gasteiger partial charge in [-0.25, -0.2) is 8.42 Å². The van der Waals surface area contributed by atoms with Gasteiger partial charge in [0.15, 0.2) is 9.84 Å². The molecule has 0 saturated heterocycles. The number of benzene rings is 3. The van der Waals surface area contributed by atoms with Crippen LogP contribution in [0.1, 0.15) is 30.9 Å². The highest BCUT2D eigenvalue weighted by atomic mass is 35.5. The standard InChI is InChI=1S/C27H22ClF6N3O3S/c28-20-3-1-2-4-22(20)37-23(14-24(36-37)25(38,26(29,30)31)27(32,33)34)16-7-12-19(21(35)13-16)15-5-8-17(9-6-15)41(39,40)18-10-11-18/h1-9,12-13,18,23,38H,10-11,14,35H2. The van der Waals surface area contributed by atoms with Gasteiger partial charge >= 0.3 is 12.4 Å². The van der Waals surface area contributed by atoms with Crippen molar-refractivity contribution < 1.29 is 39.9 Å². The van der Waals surface area contributed by atoms with Crippen molar-refractivity contribution >= 4 is 38.5 Å². The predicted octanol–water partition coefficient (Wildman–Crippen LogP) is 6.69. The molecule has 0 spiro atoms. The largest absolute Gasteiger partial charge is 0.431 e. The van der Waals surface area contributed by atoms with E-state index in [1.165, 1.54) is 54.6 Å². The lowest BCUT2D eigenvalue weighted by Crippen LogP contribution is -2.62. The first-order valence-corrected chi connectivity index (χ1v) is 14.2. The van der Waals surface area contributed by atoms with Crippen LogP contribution in [-0.2, 0) is 9.84 Å². The summed E-state index contributed by atoms with van der Waals surface area (Å²) >= 11 is 6.22. The molecule has 1 fully saturated rings. The number of hydrazone groups is 1. The highest BCUT2D eigenvalue weighted by Gasteiger charge is 2.74. The molecular weight excluding hydrogens is 596 g/mol. The zero-order valence-electron chi connectivity index (χ0n) is 20.9. The molecule has 6 nitrogen and oxygen atoms in total. The summed E-state index contributed by atoms with van der Waals surface area (Å²) in [7, 11) is -3.41. The normalized spacial score (nSPS) is 18.5. The van der Waals surface area contributed by atoms with E-state index in [1.54, 1.807) is 12.1 Å².